The van der Waals surface area contributed by atoms with Crippen LogP contribution in [0.4, 0.5) is 10.1 Å². The Kier molecular flexibility index (Phi) is 2.77. The summed E-state index contributed by atoms with van der Waals surface area (Å²) in [4.78, 5) is 2.28. The molecule has 0 saturated carbocycles. The maximum absolute atomic E-state index is 12.8. The number of rotatable bonds is 2. The molecule has 0 unspecified atom stereocenters. The Balaban J connectivity index is 2.11. The molecule has 1 aliphatic heterocycles. The van der Waals surface area contributed by atoms with Crippen molar-refractivity contribution in [1.29, 1.82) is 0 Å². The molecule has 1 fully saturated rings. The standard InChI is InChI=1S/C11H13BrFN/c1-2-8-6-14(7-8)11-4-3-9(13)5-10(11)12/h3-5,8H,2,6-7H2,1H3. The Labute approximate surface area is 92.0 Å². The monoisotopic (exact) mass is 257 g/mol. The van der Waals surface area contributed by atoms with Gasteiger partial charge in [0, 0.05) is 17.6 Å². The Bertz CT molecular complexity index is 334. The van der Waals surface area contributed by atoms with Gasteiger partial charge in [-0.3, -0.25) is 0 Å². The molecule has 0 bridgehead atoms. The third-order valence-electron chi connectivity index (χ3n) is 2.78. The van der Waals surface area contributed by atoms with Crippen LogP contribution in [0.3, 0.4) is 0 Å². The van der Waals surface area contributed by atoms with Crippen LogP contribution >= 0.6 is 15.9 Å². The van der Waals surface area contributed by atoms with Crippen LogP contribution in [0.2, 0.25) is 0 Å². The Morgan fingerprint density at radius 3 is 2.79 bits per heavy atom. The zero-order valence-corrected chi connectivity index (χ0v) is 9.72. The van der Waals surface area contributed by atoms with Crippen molar-refractivity contribution >= 4 is 21.6 Å². The SMILES string of the molecule is CCC1CN(c2ccc(F)cc2Br)C1. The summed E-state index contributed by atoms with van der Waals surface area (Å²) in [5.41, 5.74) is 1.11. The number of hydrogen-bond acceptors (Lipinski definition) is 1. The molecule has 1 nitrogen and oxygen atoms in total. The normalized spacial score (nSPS) is 16.9. The molecule has 0 aliphatic carbocycles. The Morgan fingerprint density at radius 2 is 2.21 bits per heavy atom. The van der Waals surface area contributed by atoms with Crippen molar-refractivity contribution in [3.8, 4) is 0 Å². The summed E-state index contributed by atoms with van der Waals surface area (Å²) in [5.74, 6) is 0.625. The van der Waals surface area contributed by atoms with Gasteiger partial charge in [-0.2, -0.15) is 0 Å². The molecule has 0 spiro atoms. The summed E-state index contributed by atoms with van der Waals surface area (Å²) >= 11 is 3.38. The lowest BCUT2D eigenvalue weighted by Crippen LogP contribution is -2.46. The van der Waals surface area contributed by atoms with Crippen LogP contribution in [0.1, 0.15) is 13.3 Å². The fourth-order valence-electron chi connectivity index (χ4n) is 1.76. The van der Waals surface area contributed by atoms with Crippen LogP contribution in [0.25, 0.3) is 0 Å². The molecule has 76 valence electrons. The van der Waals surface area contributed by atoms with Gasteiger partial charge in [0.1, 0.15) is 5.82 Å². The van der Waals surface area contributed by atoms with Crippen LogP contribution in [-0.4, -0.2) is 13.1 Å². The Hall–Kier alpha value is -0.570. The average molecular weight is 258 g/mol. The van der Waals surface area contributed by atoms with Crippen LogP contribution in [0.5, 0.6) is 0 Å². The van der Waals surface area contributed by atoms with Gasteiger partial charge in [0.2, 0.25) is 0 Å². The van der Waals surface area contributed by atoms with Crippen molar-refractivity contribution in [3.05, 3.63) is 28.5 Å². The van der Waals surface area contributed by atoms with Crippen molar-refractivity contribution < 1.29 is 4.39 Å². The van der Waals surface area contributed by atoms with Crippen LogP contribution < -0.4 is 4.90 Å². The van der Waals surface area contributed by atoms with E-state index in [1.54, 1.807) is 0 Å². The first-order valence-corrected chi connectivity index (χ1v) is 5.70. The highest BCUT2D eigenvalue weighted by molar-refractivity contribution is 9.10. The lowest BCUT2D eigenvalue weighted by molar-refractivity contribution is 0.398. The van der Waals surface area contributed by atoms with E-state index in [2.05, 4.69) is 27.8 Å². The molecule has 3 heteroatoms. The van der Waals surface area contributed by atoms with Gasteiger partial charge in [0.25, 0.3) is 0 Å². The minimum absolute atomic E-state index is 0.187. The molecule has 0 amide bonds. The van der Waals surface area contributed by atoms with E-state index in [1.807, 2.05) is 6.07 Å². The second kappa shape index (κ2) is 3.89. The highest BCUT2D eigenvalue weighted by Gasteiger charge is 2.26. The van der Waals surface area contributed by atoms with Gasteiger partial charge >= 0.3 is 0 Å². The minimum atomic E-state index is -0.187. The number of nitrogens with zero attached hydrogens (tertiary/aromatic N) is 1. The van der Waals surface area contributed by atoms with Crippen molar-refractivity contribution in [3.63, 3.8) is 0 Å². The lowest BCUT2D eigenvalue weighted by atomic mass is 9.96. The van der Waals surface area contributed by atoms with Crippen molar-refractivity contribution in [2.45, 2.75) is 13.3 Å². The first-order valence-electron chi connectivity index (χ1n) is 4.90. The zero-order valence-electron chi connectivity index (χ0n) is 8.13. The van der Waals surface area contributed by atoms with Gasteiger partial charge in [0.15, 0.2) is 0 Å². The maximum atomic E-state index is 12.8. The minimum Gasteiger partial charge on any atom is -0.370 e. The molecule has 1 aromatic rings. The maximum Gasteiger partial charge on any atom is 0.124 e. The highest BCUT2D eigenvalue weighted by Crippen LogP contribution is 2.32. The predicted molar refractivity (Wildman–Crippen MR) is 60.1 cm³/mol. The van der Waals surface area contributed by atoms with E-state index in [1.165, 1.54) is 18.6 Å². The van der Waals surface area contributed by atoms with Gasteiger partial charge in [-0.1, -0.05) is 6.92 Å². The zero-order chi connectivity index (χ0) is 10.1. The Morgan fingerprint density at radius 1 is 1.50 bits per heavy atom. The van der Waals surface area contributed by atoms with Gasteiger partial charge in [-0.25, -0.2) is 4.39 Å². The molecule has 0 aromatic heterocycles. The number of benzene rings is 1. The van der Waals surface area contributed by atoms with Crippen molar-refractivity contribution in [2.75, 3.05) is 18.0 Å². The average Bonchev–Trinajstić information content (AvgIpc) is 2.06. The topological polar surface area (TPSA) is 3.24 Å². The summed E-state index contributed by atoms with van der Waals surface area (Å²) in [6.07, 6.45) is 1.23. The molecule has 1 saturated heterocycles. The second-order valence-electron chi connectivity index (χ2n) is 3.77. The summed E-state index contributed by atoms with van der Waals surface area (Å²) in [5, 5.41) is 0. The summed E-state index contributed by atoms with van der Waals surface area (Å²) in [7, 11) is 0. The molecule has 1 aromatic carbocycles. The predicted octanol–water partition coefficient (Wildman–Crippen LogP) is 3.43. The third kappa shape index (κ3) is 1.78. The lowest BCUT2D eigenvalue weighted by Gasteiger charge is -2.41. The number of hydrogen-bond donors (Lipinski definition) is 0. The van der Waals surface area contributed by atoms with Crippen LogP contribution in [-0.2, 0) is 0 Å². The molecule has 0 radical (unpaired) electrons. The van der Waals surface area contributed by atoms with Gasteiger partial charge in [-0.05, 0) is 46.5 Å². The summed E-state index contributed by atoms with van der Waals surface area (Å²) in [6, 6.07) is 4.87. The first kappa shape index (κ1) is 9.97. The molecular weight excluding hydrogens is 245 g/mol. The van der Waals surface area contributed by atoms with Crippen LogP contribution in [0, 0.1) is 11.7 Å². The molecule has 1 aliphatic rings. The van der Waals surface area contributed by atoms with E-state index in [0.29, 0.717) is 0 Å². The van der Waals surface area contributed by atoms with Crippen molar-refractivity contribution in [2.24, 2.45) is 5.92 Å². The molecule has 0 atom stereocenters. The van der Waals surface area contributed by atoms with Gasteiger partial charge in [0.05, 0.1) is 5.69 Å². The highest BCUT2D eigenvalue weighted by atomic mass is 79.9. The van der Waals surface area contributed by atoms with Gasteiger partial charge < -0.3 is 4.90 Å². The second-order valence-corrected chi connectivity index (χ2v) is 4.63. The van der Waals surface area contributed by atoms with E-state index < -0.39 is 0 Å². The smallest absolute Gasteiger partial charge is 0.124 e. The molecular formula is C11H13BrFN. The number of halogens is 2. The van der Waals surface area contributed by atoms with Crippen molar-refractivity contribution in [1.82, 2.24) is 0 Å². The fraction of sp³-hybridized carbons (Fsp3) is 0.455. The summed E-state index contributed by atoms with van der Waals surface area (Å²) in [6.45, 7) is 4.41. The molecule has 14 heavy (non-hydrogen) atoms. The van der Waals surface area contributed by atoms with E-state index in [4.69, 9.17) is 0 Å². The van der Waals surface area contributed by atoms with Crippen LogP contribution in [0.15, 0.2) is 22.7 Å². The molecule has 2 rings (SSSR count). The number of anilines is 1. The fourth-order valence-corrected chi connectivity index (χ4v) is 2.36. The largest absolute Gasteiger partial charge is 0.370 e. The van der Waals surface area contributed by atoms with E-state index in [-0.39, 0.29) is 5.82 Å². The van der Waals surface area contributed by atoms with E-state index in [0.717, 1.165) is 29.2 Å². The third-order valence-corrected chi connectivity index (χ3v) is 3.42. The molecule has 1 heterocycles. The van der Waals surface area contributed by atoms with E-state index in [9.17, 15) is 4.39 Å². The quantitative estimate of drug-likeness (QED) is 0.785. The van der Waals surface area contributed by atoms with Gasteiger partial charge in [-0.15, -0.1) is 0 Å². The molecule has 0 N–H and O–H groups in total. The first-order chi connectivity index (χ1) is 6.70. The summed E-state index contributed by atoms with van der Waals surface area (Å²) < 4.78 is 13.7. The van der Waals surface area contributed by atoms with E-state index >= 15 is 0 Å².